The summed E-state index contributed by atoms with van der Waals surface area (Å²) in [5, 5.41) is 6.94. The van der Waals surface area contributed by atoms with Crippen molar-refractivity contribution in [1.82, 2.24) is 16.0 Å². The average Bonchev–Trinajstić information content (AvgIpc) is 2.28. The van der Waals surface area contributed by atoms with Gasteiger partial charge < -0.3 is 16.0 Å². The van der Waals surface area contributed by atoms with Crippen LogP contribution in [0.3, 0.4) is 0 Å². The Bertz CT molecular complexity index is 270. The molecule has 0 radical (unpaired) electrons. The van der Waals surface area contributed by atoms with Crippen molar-refractivity contribution < 1.29 is 22.8 Å². The summed E-state index contributed by atoms with van der Waals surface area (Å²) < 4.78 is 35.2. The summed E-state index contributed by atoms with van der Waals surface area (Å²) in [5.74, 6) is -0.902. The van der Waals surface area contributed by atoms with E-state index in [0.717, 1.165) is 6.42 Å². The van der Waals surface area contributed by atoms with Crippen LogP contribution in [0.25, 0.3) is 0 Å². The minimum atomic E-state index is -4.41. The molecule has 18 heavy (non-hydrogen) atoms. The molecule has 0 rings (SSSR count). The van der Waals surface area contributed by atoms with Gasteiger partial charge in [0.15, 0.2) is 0 Å². The third-order valence-electron chi connectivity index (χ3n) is 1.87. The molecule has 0 saturated heterocycles. The van der Waals surface area contributed by atoms with Gasteiger partial charge in [0.25, 0.3) is 0 Å². The van der Waals surface area contributed by atoms with Crippen molar-refractivity contribution in [2.45, 2.75) is 25.9 Å². The predicted molar refractivity (Wildman–Crippen MR) is 59.9 cm³/mol. The summed E-state index contributed by atoms with van der Waals surface area (Å²) in [6.07, 6.45) is -3.39. The molecule has 5 nitrogen and oxygen atoms in total. The Morgan fingerprint density at radius 3 is 2.28 bits per heavy atom. The Morgan fingerprint density at radius 1 is 1.06 bits per heavy atom. The molecule has 0 aliphatic rings. The summed E-state index contributed by atoms with van der Waals surface area (Å²) >= 11 is 0. The molecular formula is C10H18F3N3O2. The first kappa shape index (κ1) is 16.7. The van der Waals surface area contributed by atoms with Crippen molar-refractivity contribution >= 4 is 11.8 Å². The number of nitrogens with one attached hydrogen (secondary N) is 3. The van der Waals surface area contributed by atoms with Gasteiger partial charge in [-0.3, -0.25) is 9.59 Å². The molecule has 0 aliphatic carbocycles. The van der Waals surface area contributed by atoms with Crippen molar-refractivity contribution in [2.75, 3.05) is 26.2 Å². The fraction of sp³-hybridized carbons (Fsp3) is 0.800. The topological polar surface area (TPSA) is 70.2 Å². The molecule has 0 fully saturated rings. The van der Waals surface area contributed by atoms with Crippen LogP contribution in [0.5, 0.6) is 0 Å². The van der Waals surface area contributed by atoms with Gasteiger partial charge in [0.05, 0.1) is 6.54 Å². The van der Waals surface area contributed by atoms with Crippen LogP contribution in [-0.4, -0.2) is 44.2 Å². The van der Waals surface area contributed by atoms with E-state index < -0.39 is 18.6 Å². The van der Waals surface area contributed by atoms with Crippen LogP contribution in [0.4, 0.5) is 13.2 Å². The third kappa shape index (κ3) is 11.2. The summed E-state index contributed by atoms with van der Waals surface area (Å²) in [4.78, 5) is 22.0. The van der Waals surface area contributed by atoms with E-state index in [1.54, 1.807) is 5.32 Å². The number of alkyl halides is 3. The molecule has 0 unspecified atom stereocenters. The first-order valence-electron chi connectivity index (χ1n) is 5.66. The number of amides is 2. The lowest BCUT2D eigenvalue weighted by Crippen LogP contribution is -2.40. The molecule has 0 saturated carbocycles. The van der Waals surface area contributed by atoms with Crippen LogP contribution in [0.15, 0.2) is 0 Å². The SMILES string of the molecule is CCCNC(=O)CCNCC(=O)NCC(F)(F)F. The second-order valence-electron chi connectivity index (χ2n) is 3.67. The van der Waals surface area contributed by atoms with E-state index in [4.69, 9.17) is 0 Å². The van der Waals surface area contributed by atoms with Crippen molar-refractivity contribution in [3.05, 3.63) is 0 Å². The van der Waals surface area contributed by atoms with Gasteiger partial charge in [0.2, 0.25) is 11.8 Å². The Balaban J connectivity index is 3.49. The fourth-order valence-electron chi connectivity index (χ4n) is 1.02. The smallest absolute Gasteiger partial charge is 0.356 e. The molecule has 2 amide bonds. The number of rotatable bonds is 8. The van der Waals surface area contributed by atoms with Crippen LogP contribution in [0.1, 0.15) is 19.8 Å². The van der Waals surface area contributed by atoms with Crippen molar-refractivity contribution in [1.29, 1.82) is 0 Å². The standard InChI is InChI=1S/C10H18F3N3O2/c1-2-4-15-8(17)3-5-14-6-9(18)16-7-10(11,12)13/h14H,2-7H2,1H3,(H,15,17)(H,16,18). The Labute approximate surface area is 103 Å². The quantitative estimate of drug-likeness (QED) is 0.550. The molecular weight excluding hydrogens is 251 g/mol. The highest BCUT2D eigenvalue weighted by molar-refractivity contribution is 5.78. The predicted octanol–water partition coefficient (Wildman–Crippen LogP) is 0.171. The second-order valence-corrected chi connectivity index (χ2v) is 3.67. The van der Waals surface area contributed by atoms with Crippen LogP contribution in [0, 0.1) is 0 Å². The number of hydrogen-bond donors (Lipinski definition) is 3. The normalized spacial score (nSPS) is 11.1. The summed E-state index contributed by atoms with van der Waals surface area (Å²) in [5.41, 5.74) is 0. The summed E-state index contributed by atoms with van der Waals surface area (Å²) in [7, 11) is 0. The highest BCUT2D eigenvalue weighted by atomic mass is 19.4. The van der Waals surface area contributed by atoms with Gasteiger partial charge in [-0.25, -0.2) is 0 Å². The van der Waals surface area contributed by atoms with Crippen molar-refractivity contribution in [3.63, 3.8) is 0 Å². The number of carbonyl (C=O) groups is 2. The molecule has 0 atom stereocenters. The average molecular weight is 269 g/mol. The molecule has 0 aromatic rings. The van der Waals surface area contributed by atoms with Gasteiger partial charge in [-0.1, -0.05) is 6.92 Å². The van der Waals surface area contributed by atoms with E-state index in [1.807, 2.05) is 6.92 Å². The van der Waals surface area contributed by atoms with Gasteiger partial charge in [0.1, 0.15) is 6.54 Å². The van der Waals surface area contributed by atoms with E-state index >= 15 is 0 Å². The van der Waals surface area contributed by atoms with Crippen molar-refractivity contribution in [2.24, 2.45) is 0 Å². The fourth-order valence-corrected chi connectivity index (χ4v) is 1.02. The van der Waals surface area contributed by atoms with Crippen LogP contribution in [-0.2, 0) is 9.59 Å². The first-order chi connectivity index (χ1) is 8.35. The minimum absolute atomic E-state index is 0.153. The molecule has 0 aliphatic heterocycles. The molecule has 0 heterocycles. The lowest BCUT2D eigenvalue weighted by atomic mass is 10.3. The third-order valence-corrected chi connectivity index (χ3v) is 1.87. The Hall–Kier alpha value is -1.31. The van der Waals surface area contributed by atoms with E-state index in [2.05, 4.69) is 10.6 Å². The number of halogens is 3. The molecule has 106 valence electrons. The zero-order chi connectivity index (χ0) is 14.0. The van der Waals surface area contributed by atoms with Crippen LogP contribution < -0.4 is 16.0 Å². The maximum Gasteiger partial charge on any atom is 0.405 e. The zero-order valence-corrected chi connectivity index (χ0v) is 10.2. The number of hydrogen-bond acceptors (Lipinski definition) is 3. The molecule has 3 N–H and O–H groups in total. The lowest BCUT2D eigenvalue weighted by Gasteiger charge is -2.09. The molecule has 0 aromatic carbocycles. The minimum Gasteiger partial charge on any atom is -0.356 e. The molecule has 0 spiro atoms. The van der Waals surface area contributed by atoms with E-state index in [-0.39, 0.29) is 25.4 Å². The summed E-state index contributed by atoms with van der Waals surface area (Å²) in [6.45, 7) is 1.17. The monoisotopic (exact) mass is 269 g/mol. The van der Waals surface area contributed by atoms with Gasteiger partial charge in [0, 0.05) is 19.5 Å². The Morgan fingerprint density at radius 2 is 1.72 bits per heavy atom. The van der Waals surface area contributed by atoms with E-state index in [9.17, 15) is 22.8 Å². The molecule has 0 bridgehead atoms. The highest BCUT2D eigenvalue weighted by Crippen LogP contribution is 2.11. The van der Waals surface area contributed by atoms with E-state index in [1.165, 1.54) is 0 Å². The lowest BCUT2D eigenvalue weighted by molar-refractivity contribution is -0.137. The van der Waals surface area contributed by atoms with Crippen LogP contribution >= 0.6 is 0 Å². The van der Waals surface area contributed by atoms with Gasteiger partial charge in [-0.05, 0) is 6.42 Å². The van der Waals surface area contributed by atoms with Gasteiger partial charge in [-0.15, -0.1) is 0 Å². The maximum atomic E-state index is 11.7. The molecule has 8 heteroatoms. The second kappa shape index (κ2) is 8.73. The summed E-state index contributed by atoms with van der Waals surface area (Å²) in [6, 6.07) is 0. The number of carbonyl (C=O) groups excluding carboxylic acids is 2. The largest absolute Gasteiger partial charge is 0.405 e. The molecule has 0 aromatic heterocycles. The zero-order valence-electron chi connectivity index (χ0n) is 10.2. The van der Waals surface area contributed by atoms with Gasteiger partial charge >= 0.3 is 6.18 Å². The van der Waals surface area contributed by atoms with Crippen molar-refractivity contribution in [3.8, 4) is 0 Å². The maximum absolute atomic E-state index is 11.7. The van der Waals surface area contributed by atoms with Gasteiger partial charge in [-0.2, -0.15) is 13.2 Å². The van der Waals surface area contributed by atoms with Crippen LogP contribution in [0.2, 0.25) is 0 Å². The first-order valence-corrected chi connectivity index (χ1v) is 5.66. The highest BCUT2D eigenvalue weighted by Gasteiger charge is 2.27. The Kier molecular flexibility index (Phi) is 8.10. The van der Waals surface area contributed by atoms with E-state index in [0.29, 0.717) is 6.54 Å².